The van der Waals surface area contributed by atoms with Gasteiger partial charge in [0.1, 0.15) is 0 Å². The second-order valence-electron chi connectivity index (χ2n) is 5.13. The van der Waals surface area contributed by atoms with Crippen LogP contribution in [-0.2, 0) is 4.79 Å². The summed E-state index contributed by atoms with van der Waals surface area (Å²) in [5.41, 5.74) is 7.11. The zero-order valence-electron chi connectivity index (χ0n) is 11.4. The van der Waals surface area contributed by atoms with Crippen molar-refractivity contribution >= 4 is 29.0 Å². The lowest BCUT2D eigenvalue weighted by Gasteiger charge is -2.33. The summed E-state index contributed by atoms with van der Waals surface area (Å²) >= 11 is 1.99. The van der Waals surface area contributed by atoms with Crippen LogP contribution in [0.25, 0.3) is 0 Å². The van der Waals surface area contributed by atoms with Crippen LogP contribution >= 0.6 is 11.8 Å². The van der Waals surface area contributed by atoms with E-state index in [1.807, 2.05) is 23.9 Å². The average molecular weight is 279 g/mol. The number of nitrogens with one attached hydrogen (secondary N) is 1. The molecular formula is C14H21N3OS. The largest absolute Gasteiger partial charge is 0.399 e. The molecule has 0 aromatic heterocycles. The Morgan fingerprint density at radius 2 is 2.11 bits per heavy atom. The molecule has 4 nitrogen and oxygen atoms in total. The Morgan fingerprint density at radius 1 is 1.42 bits per heavy atom. The first-order chi connectivity index (χ1) is 9.02. The van der Waals surface area contributed by atoms with Gasteiger partial charge in [-0.1, -0.05) is 19.9 Å². The first-order valence-electron chi connectivity index (χ1n) is 6.56. The predicted octanol–water partition coefficient (Wildman–Crippen LogP) is 2.03. The van der Waals surface area contributed by atoms with Crippen molar-refractivity contribution in [2.75, 3.05) is 30.7 Å². The van der Waals surface area contributed by atoms with Crippen LogP contribution in [0.3, 0.4) is 0 Å². The van der Waals surface area contributed by atoms with E-state index in [-0.39, 0.29) is 5.91 Å². The maximum absolute atomic E-state index is 12.0. The fourth-order valence-corrected chi connectivity index (χ4v) is 3.82. The quantitative estimate of drug-likeness (QED) is 0.831. The molecule has 0 bridgehead atoms. The van der Waals surface area contributed by atoms with Crippen molar-refractivity contribution in [3.63, 3.8) is 0 Å². The first-order valence-corrected chi connectivity index (χ1v) is 7.50. The first kappa shape index (κ1) is 14.2. The van der Waals surface area contributed by atoms with Gasteiger partial charge in [-0.15, -0.1) is 0 Å². The normalized spacial score (nSPS) is 24.1. The van der Waals surface area contributed by atoms with E-state index >= 15 is 0 Å². The molecule has 1 fully saturated rings. The van der Waals surface area contributed by atoms with Crippen LogP contribution in [0.5, 0.6) is 0 Å². The van der Waals surface area contributed by atoms with E-state index in [9.17, 15) is 4.79 Å². The molecule has 2 atom stereocenters. The minimum Gasteiger partial charge on any atom is -0.399 e. The third-order valence-electron chi connectivity index (χ3n) is 3.03. The maximum atomic E-state index is 12.0. The molecule has 104 valence electrons. The average Bonchev–Trinajstić information content (AvgIpc) is 2.26. The molecule has 19 heavy (non-hydrogen) atoms. The highest BCUT2D eigenvalue weighted by atomic mass is 32.2. The summed E-state index contributed by atoms with van der Waals surface area (Å²) < 4.78 is 0. The summed E-state index contributed by atoms with van der Waals surface area (Å²) in [4.78, 5) is 14.2. The second-order valence-corrected chi connectivity index (χ2v) is 7.01. The summed E-state index contributed by atoms with van der Waals surface area (Å²) in [5.74, 6) is 0.0249. The van der Waals surface area contributed by atoms with Gasteiger partial charge >= 0.3 is 0 Å². The molecule has 1 amide bonds. The number of nitrogens with two attached hydrogens (primary N) is 1. The Morgan fingerprint density at radius 3 is 2.74 bits per heavy atom. The highest BCUT2D eigenvalue weighted by Gasteiger charge is 2.23. The van der Waals surface area contributed by atoms with Crippen molar-refractivity contribution in [2.45, 2.75) is 24.3 Å². The molecule has 0 radical (unpaired) electrons. The Bertz CT molecular complexity index is 442. The summed E-state index contributed by atoms with van der Waals surface area (Å²) in [6.07, 6.45) is 0. The number of amides is 1. The number of anilines is 2. The van der Waals surface area contributed by atoms with Crippen LogP contribution in [0.1, 0.15) is 13.8 Å². The lowest BCUT2D eigenvalue weighted by molar-refractivity contribution is -0.117. The number of nitrogen functional groups attached to an aromatic ring is 1. The molecule has 1 saturated heterocycles. The highest BCUT2D eigenvalue weighted by Crippen LogP contribution is 2.24. The predicted molar refractivity (Wildman–Crippen MR) is 82.4 cm³/mol. The molecular weight excluding hydrogens is 258 g/mol. The number of hydrogen-bond acceptors (Lipinski definition) is 4. The van der Waals surface area contributed by atoms with Gasteiger partial charge in [0.05, 0.1) is 6.54 Å². The molecule has 5 heteroatoms. The van der Waals surface area contributed by atoms with Gasteiger partial charge in [-0.3, -0.25) is 9.69 Å². The minimum absolute atomic E-state index is 0.0249. The molecule has 2 unspecified atom stereocenters. The lowest BCUT2D eigenvalue weighted by atomic mass is 10.2. The van der Waals surface area contributed by atoms with E-state index in [4.69, 9.17) is 5.73 Å². The Kier molecular flexibility index (Phi) is 4.71. The van der Waals surface area contributed by atoms with Gasteiger partial charge in [-0.25, -0.2) is 0 Å². The molecule has 0 saturated carbocycles. The van der Waals surface area contributed by atoms with Crippen LogP contribution < -0.4 is 11.1 Å². The van der Waals surface area contributed by atoms with Crippen LogP contribution in [0, 0.1) is 0 Å². The van der Waals surface area contributed by atoms with Gasteiger partial charge in [0, 0.05) is 35.0 Å². The second kappa shape index (κ2) is 6.30. The van der Waals surface area contributed by atoms with Gasteiger partial charge in [-0.2, -0.15) is 11.8 Å². The van der Waals surface area contributed by atoms with Gasteiger partial charge in [-0.05, 0) is 18.2 Å². The minimum atomic E-state index is 0.0249. The van der Waals surface area contributed by atoms with Gasteiger partial charge in [0.2, 0.25) is 5.91 Å². The van der Waals surface area contributed by atoms with Crippen LogP contribution in [0.15, 0.2) is 24.3 Å². The summed E-state index contributed by atoms with van der Waals surface area (Å²) in [7, 11) is 0. The van der Waals surface area contributed by atoms with Crippen molar-refractivity contribution < 1.29 is 4.79 Å². The third kappa shape index (κ3) is 4.44. The van der Waals surface area contributed by atoms with Crippen molar-refractivity contribution in [3.05, 3.63) is 24.3 Å². The fraction of sp³-hybridized carbons (Fsp3) is 0.500. The van der Waals surface area contributed by atoms with E-state index in [2.05, 4.69) is 24.1 Å². The monoisotopic (exact) mass is 279 g/mol. The number of nitrogens with zero attached hydrogens (tertiary/aromatic N) is 1. The van der Waals surface area contributed by atoms with Crippen molar-refractivity contribution in [1.82, 2.24) is 4.90 Å². The Hall–Kier alpha value is -1.20. The Labute approximate surface area is 118 Å². The van der Waals surface area contributed by atoms with Crippen molar-refractivity contribution in [1.29, 1.82) is 0 Å². The number of thioether (sulfide) groups is 1. The molecule has 0 aliphatic carbocycles. The molecule has 1 aromatic rings. The number of carbonyl (C=O) groups excluding carboxylic acids is 1. The van der Waals surface area contributed by atoms with E-state index in [1.165, 1.54) is 0 Å². The number of benzene rings is 1. The number of rotatable bonds is 3. The van der Waals surface area contributed by atoms with Crippen LogP contribution in [0.2, 0.25) is 0 Å². The lowest BCUT2D eigenvalue weighted by Crippen LogP contribution is -2.44. The third-order valence-corrected chi connectivity index (χ3v) is 4.26. The van der Waals surface area contributed by atoms with Crippen molar-refractivity contribution in [3.8, 4) is 0 Å². The molecule has 1 aliphatic rings. The standard InChI is InChI=1S/C14H21N3OS/c1-10-7-17(8-11(2)19-10)9-14(18)16-13-5-3-4-12(15)6-13/h3-6,10-11H,7-9,15H2,1-2H3,(H,16,18). The summed E-state index contributed by atoms with van der Waals surface area (Å²) in [5, 5.41) is 4.07. The SMILES string of the molecule is CC1CN(CC(=O)Nc2cccc(N)c2)CC(C)S1. The van der Waals surface area contributed by atoms with E-state index < -0.39 is 0 Å². The Balaban J connectivity index is 1.87. The molecule has 2 rings (SSSR count). The summed E-state index contributed by atoms with van der Waals surface area (Å²) in [6, 6.07) is 7.27. The van der Waals surface area contributed by atoms with Crippen molar-refractivity contribution in [2.24, 2.45) is 0 Å². The summed E-state index contributed by atoms with van der Waals surface area (Å²) in [6.45, 7) is 6.81. The number of hydrogen-bond donors (Lipinski definition) is 2. The van der Waals surface area contributed by atoms with Gasteiger partial charge in [0.15, 0.2) is 0 Å². The maximum Gasteiger partial charge on any atom is 0.238 e. The highest BCUT2D eigenvalue weighted by molar-refractivity contribution is 8.00. The van der Waals surface area contributed by atoms with Gasteiger partial charge in [0.25, 0.3) is 0 Å². The zero-order valence-corrected chi connectivity index (χ0v) is 12.2. The fourth-order valence-electron chi connectivity index (χ4n) is 2.43. The topological polar surface area (TPSA) is 58.4 Å². The van der Waals surface area contributed by atoms with Crippen LogP contribution in [-0.4, -0.2) is 40.9 Å². The smallest absolute Gasteiger partial charge is 0.238 e. The zero-order chi connectivity index (χ0) is 13.8. The molecule has 1 aliphatic heterocycles. The van der Waals surface area contributed by atoms with Crippen LogP contribution in [0.4, 0.5) is 11.4 Å². The molecule has 1 heterocycles. The van der Waals surface area contributed by atoms with Gasteiger partial charge < -0.3 is 11.1 Å². The van der Waals surface area contributed by atoms with E-state index in [0.717, 1.165) is 18.8 Å². The molecule has 0 spiro atoms. The molecule has 3 N–H and O–H groups in total. The van der Waals surface area contributed by atoms with E-state index in [0.29, 0.717) is 22.7 Å². The number of carbonyl (C=O) groups is 1. The van der Waals surface area contributed by atoms with E-state index in [1.54, 1.807) is 12.1 Å². The molecule has 1 aromatic carbocycles.